The number of aliphatic imine (C=N–C) groups is 1. The van der Waals surface area contributed by atoms with Crippen molar-refractivity contribution in [2.75, 3.05) is 44.2 Å². The van der Waals surface area contributed by atoms with Gasteiger partial charge in [-0.3, -0.25) is 4.99 Å². The van der Waals surface area contributed by atoms with Crippen molar-refractivity contribution in [3.05, 3.63) is 24.1 Å². The Bertz CT molecular complexity index is 728. The Kier molecular flexibility index (Phi) is 11.3. The van der Waals surface area contributed by atoms with Crippen LogP contribution in [0.2, 0.25) is 0 Å². The molecular formula is C21H36FIN6O2. The maximum absolute atomic E-state index is 14.0. The summed E-state index contributed by atoms with van der Waals surface area (Å²) in [6.07, 6.45) is 2.14. The van der Waals surface area contributed by atoms with Gasteiger partial charge >= 0.3 is 6.09 Å². The van der Waals surface area contributed by atoms with E-state index in [1.807, 2.05) is 39.5 Å². The number of carbonyl (C=O) groups excluding carboxylic acids is 1. The van der Waals surface area contributed by atoms with Crippen LogP contribution in [-0.4, -0.2) is 72.8 Å². The Morgan fingerprint density at radius 1 is 1.42 bits per heavy atom. The Hall–Kier alpha value is -1.85. The predicted octanol–water partition coefficient (Wildman–Crippen LogP) is 3.23. The molecule has 0 radical (unpaired) electrons. The summed E-state index contributed by atoms with van der Waals surface area (Å²) in [5.41, 5.74) is -0.522. The van der Waals surface area contributed by atoms with Crippen molar-refractivity contribution in [2.45, 2.75) is 52.7 Å². The van der Waals surface area contributed by atoms with Crippen molar-refractivity contribution >= 4 is 41.8 Å². The van der Waals surface area contributed by atoms with E-state index in [1.54, 1.807) is 17.2 Å². The van der Waals surface area contributed by atoms with E-state index in [0.29, 0.717) is 38.0 Å². The fourth-order valence-corrected chi connectivity index (χ4v) is 3.18. The highest BCUT2D eigenvalue weighted by Crippen LogP contribution is 2.20. The van der Waals surface area contributed by atoms with Gasteiger partial charge in [-0.1, -0.05) is 0 Å². The first kappa shape index (κ1) is 27.2. The number of nitrogens with one attached hydrogen (secondary N) is 2. The summed E-state index contributed by atoms with van der Waals surface area (Å²) >= 11 is 0. The first-order valence-corrected chi connectivity index (χ1v) is 10.6. The van der Waals surface area contributed by atoms with Gasteiger partial charge in [0.25, 0.3) is 0 Å². The minimum absolute atomic E-state index is 0. The molecule has 10 heteroatoms. The zero-order valence-corrected chi connectivity index (χ0v) is 21.5. The van der Waals surface area contributed by atoms with E-state index in [0.717, 1.165) is 19.5 Å². The van der Waals surface area contributed by atoms with Gasteiger partial charge in [0.05, 0.1) is 6.54 Å². The molecule has 1 saturated heterocycles. The largest absolute Gasteiger partial charge is 0.444 e. The molecule has 0 aliphatic carbocycles. The number of hydrogen-bond acceptors (Lipinski definition) is 5. The zero-order chi connectivity index (χ0) is 22.1. The monoisotopic (exact) mass is 550 g/mol. The van der Waals surface area contributed by atoms with Gasteiger partial charge in [0, 0.05) is 45.0 Å². The highest BCUT2D eigenvalue weighted by atomic mass is 127. The van der Waals surface area contributed by atoms with Gasteiger partial charge in [0.2, 0.25) is 0 Å². The predicted molar refractivity (Wildman–Crippen MR) is 133 cm³/mol. The lowest BCUT2D eigenvalue weighted by molar-refractivity contribution is 0.0266. The number of ether oxygens (including phenoxy) is 1. The number of amides is 1. The Labute approximate surface area is 202 Å². The second-order valence-electron chi connectivity index (χ2n) is 8.21. The fourth-order valence-electron chi connectivity index (χ4n) is 3.18. The van der Waals surface area contributed by atoms with Crippen molar-refractivity contribution < 1.29 is 13.9 Å². The molecule has 1 aliphatic rings. The maximum Gasteiger partial charge on any atom is 0.410 e. The number of likely N-dealkylation sites (N-methyl/N-ethyl adjacent to an activating group) is 1. The molecule has 0 spiro atoms. The van der Waals surface area contributed by atoms with Gasteiger partial charge < -0.3 is 25.2 Å². The fraction of sp³-hybridized carbons (Fsp3) is 0.667. The molecule has 31 heavy (non-hydrogen) atoms. The number of guanidine groups is 1. The molecular weight excluding hydrogens is 514 g/mol. The van der Waals surface area contributed by atoms with Gasteiger partial charge in [-0.15, -0.1) is 24.0 Å². The molecule has 0 saturated carbocycles. The molecule has 1 amide bonds. The Morgan fingerprint density at radius 2 is 2.16 bits per heavy atom. The summed E-state index contributed by atoms with van der Waals surface area (Å²) in [6.45, 7) is 13.1. The van der Waals surface area contributed by atoms with E-state index >= 15 is 0 Å². The molecule has 2 N–H and O–H groups in total. The third-order valence-corrected chi connectivity index (χ3v) is 4.59. The van der Waals surface area contributed by atoms with Crippen LogP contribution in [0.5, 0.6) is 0 Å². The first-order chi connectivity index (χ1) is 14.2. The molecule has 1 fully saturated rings. The maximum atomic E-state index is 14.0. The number of anilines is 1. The summed E-state index contributed by atoms with van der Waals surface area (Å²) in [7, 11) is 0. The number of rotatable bonds is 7. The van der Waals surface area contributed by atoms with Crippen LogP contribution < -0.4 is 15.5 Å². The lowest BCUT2D eigenvalue weighted by Gasteiger charge is -2.26. The van der Waals surface area contributed by atoms with Crippen LogP contribution in [0.4, 0.5) is 15.0 Å². The number of hydrogen-bond donors (Lipinski definition) is 2. The molecule has 0 aromatic carbocycles. The van der Waals surface area contributed by atoms with Gasteiger partial charge in [-0.05, 0) is 53.2 Å². The minimum atomic E-state index is -0.522. The average molecular weight is 550 g/mol. The van der Waals surface area contributed by atoms with Gasteiger partial charge in [-0.2, -0.15) is 0 Å². The molecule has 1 aromatic rings. The lowest BCUT2D eigenvalue weighted by atomic mass is 10.2. The van der Waals surface area contributed by atoms with Crippen molar-refractivity contribution in [2.24, 2.45) is 4.99 Å². The van der Waals surface area contributed by atoms with Gasteiger partial charge in [0.15, 0.2) is 17.6 Å². The standard InChI is InChI=1S/C21H35FN6O2.HI/c1-6-23-19(25-12-14-27(7-2)20(29)30-21(3,4)5)26-16-10-13-28(15-16)18-17(22)9-8-11-24-18;/h8-9,11,16H,6-7,10,12-15H2,1-5H3,(H2,23,25,26);1H. The molecule has 1 aromatic heterocycles. The highest BCUT2D eigenvalue weighted by Gasteiger charge is 2.26. The van der Waals surface area contributed by atoms with E-state index in [2.05, 4.69) is 20.6 Å². The van der Waals surface area contributed by atoms with Gasteiger partial charge in [-0.25, -0.2) is 14.2 Å². The summed E-state index contributed by atoms with van der Waals surface area (Å²) in [6, 6.07) is 3.16. The van der Waals surface area contributed by atoms with Crippen LogP contribution in [0.15, 0.2) is 23.3 Å². The van der Waals surface area contributed by atoms with E-state index in [4.69, 9.17) is 4.74 Å². The van der Waals surface area contributed by atoms with E-state index in [9.17, 15) is 9.18 Å². The summed E-state index contributed by atoms with van der Waals surface area (Å²) in [4.78, 5) is 24.6. The van der Waals surface area contributed by atoms with Crippen LogP contribution in [0.1, 0.15) is 41.0 Å². The van der Waals surface area contributed by atoms with E-state index in [1.165, 1.54) is 6.07 Å². The third-order valence-electron chi connectivity index (χ3n) is 4.59. The minimum Gasteiger partial charge on any atom is -0.444 e. The Morgan fingerprint density at radius 3 is 2.77 bits per heavy atom. The second-order valence-corrected chi connectivity index (χ2v) is 8.21. The molecule has 2 rings (SSSR count). The van der Waals surface area contributed by atoms with Crippen LogP contribution in [0, 0.1) is 5.82 Å². The quantitative estimate of drug-likeness (QED) is 0.308. The number of halogens is 2. The summed E-state index contributed by atoms with van der Waals surface area (Å²) in [5, 5.41) is 6.64. The smallest absolute Gasteiger partial charge is 0.410 e. The number of pyridine rings is 1. The van der Waals surface area contributed by atoms with Gasteiger partial charge in [0.1, 0.15) is 5.60 Å². The third kappa shape index (κ3) is 9.04. The van der Waals surface area contributed by atoms with Crippen LogP contribution in [0.25, 0.3) is 0 Å². The summed E-state index contributed by atoms with van der Waals surface area (Å²) < 4.78 is 19.4. The molecule has 1 aliphatic heterocycles. The molecule has 1 atom stereocenters. The van der Waals surface area contributed by atoms with Crippen LogP contribution in [0.3, 0.4) is 0 Å². The molecule has 0 bridgehead atoms. The van der Waals surface area contributed by atoms with Crippen molar-refractivity contribution in [1.82, 2.24) is 20.5 Å². The van der Waals surface area contributed by atoms with Crippen molar-refractivity contribution in [3.63, 3.8) is 0 Å². The van der Waals surface area contributed by atoms with E-state index < -0.39 is 5.60 Å². The number of aromatic nitrogens is 1. The SMILES string of the molecule is CCNC(=NCCN(CC)C(=O)OC(C)(C)C)NC1CCN(c2ncccc2F)C1.I. The van der Waals surface area contributed by atoms with E-state index in [-0.39, 0.29) is 41.9 Å². The summed E-state index contributed by atoms with van der Waals surface area (Å²) in [5.74, 6) is 0.770. The van der Waals surface area contributed by atoms with Crippen LogP contribution >= 0.6 is 24.0 Å². The molecule has 8 nitrogen and oxygen atoms in total. The topological polar surface area (TPSA) is 82.1 Å². The molecule has 176 valence electrons. The van der Waals surface area contributed by atoms with Crippen molar-refractivity contribution in [1.29, 1.82) is 0 Å². The average Bonchev–Trinajstić information content (AvgIpc) is 3.12. The zero-order valence-electron chi connectivity index (χ0n) is 19.2. The number of nitrogens with zero attached hydrogens (tertiary/aromatic N) is 4. The lowest BCUT2D eigenvalue weighted by Crippen LogP contribution is -2.45. The number of carbonyl (C=O) groups is 1. The Balaban J connectivity index is 0.00000480. The van der Waals surface area contributed by atoms with Crippen molar-refractivity contribution in [3.8, 4) is 0 Å². The second kappa shape index (κ2) is 12.9. The first-order valence-electron chi connectivity index (χ1n) is 10.6. The molecule has 2 heterocycles. The molecule has 1 unspecified atom stereocenters. The highest BCUT2D eigenvalue weighted by molar-refractivity contribution is 14.0. The van der Waals surface area contributed by atoms with Crippen LogP contribution in [-0.2, 0) is 4.74 Å². The normalized spacial score (nSPS) is 16.5.